The summed E-state index contributed by atoms with van der Waals surface area (Å²) >= 11 is 7.23. The topological polar surface area (TPSA) is 84.7 Å². The zero-order valence-corrected chi connectivity index (χ0v) is 15.5. The van der Waals surface area contributed by atoms with Crippen LogP contribution in [0.1, 0.15) is 5.89 Å². The molecule has 0 radical (unpaired) electrons. The lowest BCUT2D eigenvalue weighted by atomic mass is 10.1. The lowest BCUT2D eigenvalue weighted by Crippen LogP contribution is -2.08. The molecule has 0 spiro atoms. The Hall–Kier alpha value is -2.90. The first kappa shape index (κ1) is 17.5. The van der Waals surface area contributed by atoms with Crippen molar-refractivity contribution in [2.24, 2.45) is 0 Å². The van der Waals surface area contributed by atoms with Crippen molar-refractivity contribution in [3.8, 4) is 22.6 Å². The van der Waals surface area contributed by atoms with E-state index in [0.29, 0.717) is 33.3 Å². The molecule has 0 aliphatic rings. The van der Waals surface area contributed by atoms with E-state index in [9.17, 15) is 4.79 Å². The van der Waals surface area contributed by atoms with Crippen molar-refractivity contribution >= 4 is 23.4 Å². The van der Waals surface area contributed by atoms with Crippen LogP contribution in [0.3, 0.4) is 0 Å². The molecule has 0 saturated heterocycles. The lowest BCUT2D eigenvalue weighted by molar-refractivity contribution is 0.391. The molecule has 6 nitrogen and oxygen atoms in total. The van der Waals surface area contributed by atoms with Crippen molar-refractivity contribution in [3.05, 3.63) is 81.9 Å². The average molecular weight is 397 g/mol. The van der Waals surface area contributed by atoms with Gasteiger partial charge in [-0.05, 0) is 12.1 Å². The Morgan fingerprint density at radius 3 is 2.56 bits per heavy atom. The zero-order valence-electron chi connectivity index (χ0n) is 13.9. The molecule has 2 aromatic heterocycles. The summed E-state index contributed by atoms with van der Waals surface area (Å²) in [6, 6.07) is 18.2. The Bertz CT molecular complexity index is 1110. The fourth-order valence-electron chi connectivity index (χ4n) is 2.42. The van der Waals surface area contributed by atoms with Gasteiger partial charge in [-0.2, -0.15) is 4.98 Å². The van der Waals surface area contributed by atoms with Gasteiger partial charge in [0.05, 0.1) is 11.4 Å². The van der Waals surface area contributed by atoms with Crippen LogP contribution in [0.4, 0.5) is 0 Å². The van der Waals surface area contributed by atoms with E-state index in [2.05, 4.69) is 20.1 Å². The Morgan fingerprint density at radius 2 is 1.78 bits per heavy atom. The normalized spacial score (nSPS) is 10.9. The molecule has 27 heavy (non-hydrogen) atoms. The van der Waals surface area contributed by atoms with Gasteiger partial charge in [0, 0.05) is 22.2 Å². The summed E-state index contributed by atoms with van der Waals surface area (Å²) < 4.78 is 5.28. The smallest absolute Gasteiger partial charge is 0.252 e. The van der Waals surface area contributed by atoms with Gasteiger partial charge in [-0.15, -0.1) is 0 Å². The first-order chi connectivity index (χ1) is 13.2. The van der Waals surface area contributed by atoms with E-state index < -0.39 is 0 Å². The summed E-state index contributed by atoms with van der Waals surface area (Å²) in [4.78, 5) is 23.5. The Balaban J connectivity index is 1.51. The first-order valence-electron chi connectivity index (χ1n) is 8.05. The number of H-pyrrole nitrogens is 1. The Morgan fingerprint density at radius 1 is 1.00 bits per heavy atom. The first-order valence-corrected chi connectivity index (χ1v) is 9.42. The number of benzene rings is 2. The molecule has 0 aliphatic heterocycles. The Kier molecular flexibility index (Phi) is 5.04. The van der Waals surface area contributed by atoms with Crippen molar-refractivity contribution in [3.63, 3.8) is 0 Å². The van der Waals surface area contributed by atoms with Gasteiger partial charge in [0.1, 0.15) is 0 Å². The minimum Gasteiger partial charge on any atom is -0.338 e. The van der Waals surface area contributed by atoms with E-state index in [4.69, 9.17) is 16.1 Å². The molecular formula is C19H13ClN4O2S. The number of halogens is 1. The predicted octanol–water partition coefficient (Wildman–Crippen LogP) is 4.43. The highest BCUT2D eigenvalue weighted by Gasteiger charge is 2.10. The Labute approximate surface area is 163 Å². The minimum atomic E-state index is -0.229. The van der Waals surface area contributed by atoms with Crippen LogP contribution in [-0.2, 0) is 5.75 Å². The highest BCUT2D eigenvalue weighted by Crippen LogP contribution is 2.23. The highest BCUT2D eigenvalue weighted by atomic mass is 35.5. The molecule has 2 aromatic carbocycles. The maximum atomic E-state index is 12.0. The van der Waals surface area contributed by atoms with Gasteiger partial charge in [0.2, 0.25) is 11.7 Å². The molecule has 0 amide bonds. The van der Waals surface area contributed by atoms with Crippen LogP contribution in [-0.4, -0.2) is 20.1 Å². The molecule has 0 fully saturated rings. The lowest BCUT2D eigenvalue weighted by Gasteiger charge is -2.03. The molecular weight excluding hydrogens is 384 g/mol. The maximum Gasteiger partial charge on any atom is 0.252 e. The maximum absolute atomic E-state index is 12.0. The second kappa shape index (κ2) is 7.77. The van der Waals surface area contributed by atoms with Crippen molar-refractivity contribution < 1.29 is 4.52 Å². The summed E-state index contributed by atoms with van der Waals surface area (Å²) in [7, 11) is 0. The number of nitrogens with one attached hydrogen (secondary N) is 1. The number of nitrogens with zero attached hydrogens (tertiary/aromatic N) is 3. The number of hydrogen-bond donors (Lipinski definition) is 1. The van der Waals surface area contributed by atoms with E-state index in [-0.39, 0.29) is 5.56 Å². The summed E-state index contributed by atoms with van der Waals surface area (Å²) in [5.74, 6) is 1.38. The van der Waals surface area contributed by atoms with Gasteiger partial charge in [-0.3, -0.25) is 4.79 Å². The predicted molar refractivity (Wildman–Crippen MR) is 105 cm³/mol. The van der Waals surface area contributed by atoms with Gasteiger partial charge >= 0.3 is 0 Å². The molecule has 0 atom stereocenters. The van der Waals surface area contributed by atoms with Crippen LogP contribution in [0.5, 0.6) is 0 Å². The third kappa shape index (κ3) is 4.27. The summed E-state index contributed by atoms with van der Waals surface area (Å²) in [6.45, 7) is 0. The molecule has 1 N–H and O–H groups in total. The number of thioether (sulfide) groups is 1. The molecule has 2 heterocycles. The van der Waals surface area contributed by atoms with Crippen LogP contribution in [0.25, 0.3) is 22.6 Å². The van der Waals surface area contributed by atoms with E-state index >= 15 is 0 Å². The molecule has 134 valence electrons. The fraction of sp³-hybridized carbons (Fsp3) is 0.0526. The average Bonchev–Trinajstić information content (AvgIpc) is 3.16. The number of aromatic nitrogens is 4. The van der Waals surface area contributed by atoms with Crippen LogP contribution in [0.2, 0.25) is 5.02 Å². The van der Waals surface area contributed by atoms with Gasteiger partial charge in [-0.1, -0.05) is 71.0 Å². The van der Waals surface area contributed by atoms with Crippen LogP contribution in [0.15, 0.2) is 75.1 Å². The second-order valence-electron chi connectivity index (χ2n) is 5.61. The molecule has 0 bridgehead atoms. The SMILES string of the molecule is O=c1cc(-c2ccc(Cl)cc2)nc(SCc2nc(-c3ccccc3)no2)[nH]1. The number of rotatable bonds is 5. The fourth-order valence-corrected chi connectivity index (χ4v) is 3.26. The quantitative estimate of drug-likeness (QED) is 0.396. The van der Waals surface area contributed by atoms with Crippen molar-refractivity contribution in [2.45, 2.75) is 10.9 Å². The van der Waals surface area contributed by atoms with E-state index in [0.717, 1.165) is 11.1 Å². The largest absolute Gasteiger partial charge is 0.338 e. The summed E-state index contributed by atoms with van der Waals surface area (Å²) in [5.41, 5.74) is 2.05. The standard InChI is InChI=1S/C19H13ClN4O2S/c20-14-8-6-12(7-9-14)15-10-16(25)22-19(21-15)27-11-17-23-18(24-26-17)13-4-2-1-3-5-13/h1-10H,11H2,(H,21,22,25). The van der Waals surface area contributed by atoms with Crippen LogP contribution < -0.4 is 5.56 Å². The zero-order chi connectivity index (χ0) is 18.6. The molecule has 0 unspecified atom stereocenters. The molecule has 4 aromatic rings. The van der Waals surface area contributed by atoms with Crippen LogP contribution >= 0.6 is 23.4 Å². The van der Waals surface area contributed by atoms with Crippen molar-refractivity contribution in [1.82, 2.24) is 20.1 Å². The van der Waals surface area contributed by atoms with E-state index in [1.54, 1.807) is 12.1 Å². The van der Waals surface area contributed by atoms with Crippen LogP contribution in [0, 0.1) is 0 Å². The summed E-state index contributed by atoms with van der Waals surface area (Å²) in [5, 5.41) is 5.09. The number of aromatic amines is 1. The van der Waals surface area contributed by atoms with E-state index in [1.165, 1.54) is 17.8 Å². The van der Waals surface area contributed by atoms with Crippen molar-refractivity contribution in [2.75, 3.05) is 0 Å². The van der Waals surface area contributed by atoms with Gasteiger partial charge < -0.3 is 9.51 Å². The summed E-state index contributed by atoms with van der Waals surface area (Å²) in [6.07, 6.45) is 0. The number of hydrogen-bond acceptors (Lipinski definition) is 6. The van der Waals surface area contributed by atoms with Gasteiger partial charge in [0.25, 0.3) is 5.56 Å². The third-order valence-corrected chi connectivity index (χ3v) is 4.80. The monoisotopic (exact) mass is 396 g/mol. The molecule has 4 rings (SSSR count). The second-order valence-corrected chi connectivity index (χ2v) is 7.01. The highest BCUT2D eigenvalue weighted by molar-refractivity contribution is 7.98. The molecule has 0 aliphatic carbocycles. The van der Waals surface area contributed by atoms with E-state index in [1.807, 2.05) is 42.5 Å². The minimum absolute atomic E-state index is 0.229. The van der Waals surface area contributed by atoms with Crippen molar-refractivity contribution in [1.29, 1.82) is 0 Å². The van der Waals surface area contributed by atoms with Gasteiger partial charge in [0.15, 0.2) is 5.16 Å². The molecule has 0 saturated carbocycles. The third-order valence-electron chi connectivity index (χ3n) is 3.69. The molecule has 8 heteroatoms. The van der Waals surface area contributed by atoms with Gasteiger partial charge in [-0.25, -0.2) is 4.98 Å².